The lowest BCUT2D eigenvalue weighted by molar-refractivity contribution is 0.428. The van der Waals surface area contributed by atoms with Gasteiger partial charge in [0, 0.05) is 25.6 Å². The molecule has 0 radical (unpaired) electrons. The van der Waals surface area contributed by atoms with Crippen LogP contribution in [0.4, 0.5) is 0 Å². The van der Waals surface area contributed by atoms with Crippen molar-refractivity contribution in [1.29, 1.82) is 0 Å². The minimum Gasteiger partial charge on any atom is -0.393 e. The van der Waals surface area contributed by atoms with Gasteiger partial charge in [-0.25, -0.2) is 0 Å². The molecule has 0 heterocycles. The molecule has 15 heavy (non-hydrogen) atoms. The molecule has 0 aliphatic carbocycles. The lowest BCUT2D eigenvalue weighted by atomic mass is 10.1. The highest BCUT2D eigenvalue weighted by molar-refractivity contribution is 7.87. The standard InChI is InChI=1S/C8H19N3O2S2/c1-8(2,3)10-15(12,13)11(4)6-5-7(9)14/h10H,5-6H2,1-4H3,(H2,9,14). The van der Waals surface area contributed by atoms with E-state index in [2.05, 4.69) is 16.9 Å². The predicted octanol–water partition coefficient (Wildman–Crippen LogP) is 0.227. The van der Waals surface area contributed by atoms with Crippen molar-refractivity contribution in [2.45, 2.75) is 32.7 Å². The van der Waals surface area contributed by atoms with E-state index in [1.54, 1.807) is 20.8 Å². The number of nitrogens with zero attached hydrogens (tertiary/aromatic N) is 1. The maximum atomic E-state index is 11.7. The number of rotatable bonds is 5. The summed E-state index contributed by atoms with van der Waals surface area (Å²) in [6.07, 6.45) is 0.386. The highest BCUT2D eigenvalue weighted by atomic mass is 32.2. The van der Waals surface area contributed by atoms with Crippen LogP contribution in [-0.2, 0) is 10.2 Å². The van der Waals surface area contributed by atoms with Crippen molar-refractivity contribution in [2.75, 3.05) is 13.6 Å². The summed E-state index contributed by atoms with van der Waals surface area (Å²) < 4.78 is 27.1. The Balaban J connectivity index is 4.40. The summed E-state index contributed by atoms with van der Waals surface area (Å²) in [6, 6.07) is 0. The number of hydrogen-bond acceptors (Lipinski definition) is 3. The molecule has 7 heteroatoms. The van der Waals surface area contributed by atoms with Gasteiger partial charge in [-0.2, -0.15) is 17.4 Å². The van der Waals surface area contributed by atoms with E-state index in [0.29, 0.717) is 18.0 Å². The Morgan fingerprint density at radius 3 is 2.27 bits per heavy atom. The number of nitrogens with two attached hydrogens (primary N) is 1. The first-order valence-corrected chi connectivity index (χ1v) is 6.43. The van der Waals surface area contributed by atoms with Crippen molar-refractivity contribution < 1.29 is 8.42 Å². The summed E-state index contributed by atoms with van der Waals surface area (Å²) in [4.78, 5) is 0.313. The Morgan fingerprint density at radius 2 is 1.93 bits per heavy atom. The molecule has 5 nitrogen and oxygen atoms in total. The van der Waals surface area contributed by atoms with Gasteiger partial charge in [-0.05, 0) is 20.8 Å². The normalized spacial score (nSPS) is 13.1. The maximum Gasteiger partial charge on any atom is 0.279 e. The average Bonchev–Trinajstić information content (AvgIpc) is 1.94. The van der Waals surface area contributed by atoms with Gasteiger partial charge in [0.15, 0.2) is 0 Å². The van der Waals surface area contributed by atoms with E-state index in [1.165, 1.54) is 11.4 Å². The average molecular weight is 253 g/mol. The Hall–Kier alpha value is -0.240. The molecule has 0 atom stereocenters. The van der Waals surface area contributed by atoms with Crippen molar-refractivity contribution >= 4 is 27.4 Å². The molecular weight excluding hydrogens is 234 g/mol. The summed E-state index contributed by atoms with van der Waals surface area (Å²) in [5.41, 5.74) is 4.81. The second-order valence-corrected chi connectivity index (χ2v) is 6.70. The van der Waals surface area contributed by atoms with Gasteiger partial charge in [0.05, 0.1) is 4.99 Å². The highest BCUT2D eigenvalue weighted by Gasteiger charge is 2.23. The van der Waals surface area contributed by atoms with Gasteiger partial charge < -0.3 is 5.73 Å². The molecule has 0 unspecified atom stereocenters. The van der Waals surface area contributed by atoms with Crippen LogP contribution in [0.3, 0.4) is 0 Å². The third-order valence-electron chi connectivity index (χ3n) is 1.52. The van der Waals surface area contributed by atoms with E-state index in [9.17, 15) is 8.42 Å². The molecule has 0 aromatic heterocycles. The summed E-state index contributed by atoms with van der Waals surface area (Å²) in [7, 11) is -1.95. The van der Waals surface area contributed by atoms with Crippen LogP contribution in [0, 0.1) is 0 Å². The molecule has 3 N–H and O–H groups in total. The smallest absolute Gasteiger partial charge is 0.279 e. The zero-order valence-corrected chi connectivity index (χ0v) is 11.2. The van der Waals surface area contributed by atoms with Crippen molar-refractivity contribution in [1.82, 2.24) is 9.03 Å². The SMILES string of the molecule is CN(CCC(N)=S)S(=O)(=O)NC(C)(C)C. The fraction of sp³-hybridized carbons (Fsp3) is 0.875. The highest BCUT2D eigenvalue weighted by Crippen LogP contribution is 2.05. The molecule has 0 fully saturated rings. The summed E-state index contributed by atoms with van der Waals surface area (Å²) in [5.74, 6) is 0. The van der Waals surface area contributed by atoms with Gasteiger partial charge in [-0.1, -0.05) is 12.2 Å². The van der Waals surface area contributed by atoms with Crippen LogP contribution in [0.15, 0.2) is 0 Å². The van der Waals surface area contributed by atoms with Crippen LogP contribution in [-0.4, -0.2) is 36.8 Å². The molecule has 0 amide bonds. The fourth-order valence-electron chi connectivity index (χ4n) is 0.853. The quantitative estimate of drug-likeness (QED) is 0.688. The van der Waals surface area contributed by atoms with Crippen molar-refractivity contribution in [3.05, 3.63) is 0 Å². The third kappa shape index (κ3) is 6.77. The van der Waals surface area contributed by atoms with Crippen molar-refractivity contribution in [3.8, 4) is 0 Å². The van der Waals surface area contributed by atoms with Gasteiger partial charge in [-0.3, -0.25) is 0 Å². The lowest BCUT2D eigenvalue weighted by Crippen LogP contribution is -2.48. The van der Waals surface area contributed by atoms with Gasteiger partial charge >= 0.3 is 0 Å². The van der Waals surface area contributed by atoms with E-state index in [-0.39, 0.29) is 0 Å². The van der Waals surface area contributed by atoms with Crippen molar-refractivity contribution in [2.24, 2.45) is 5.73 Å². The zero-order chi connectivity index (χ0) is 12.3. The van der Waals surface area contributed by atoms with Gasteiger partial charge in [0.1, 0.15) is 0 Å². The molecule has 0 saturated heterocycles. The van der Waals surface area contributed by atoms with E-state index in [4.69, 9.17) is 5.73 Å². The maximum absolute atomic E-state index is 11.7. The minimum absolute atomic E-state index is 0.292. The Labute approximate surface area is 97.2 Å². The first-order chi connectivity index (χ1) is 6.54. The summed E-state index contributed by atoms with van der Waals surface area (Å²) >= 11 is 4.68. The monoisotopic (exact) mass is 253 g/mol. The molecule has 0 aliphatic rings. The van der Waals surface area contributed by atoms with E-state index < -0.39 is 15.7 Å². The molecule has 0 saturated carbocycles. The Morgan fingerprint density at radius 1 is 1.47 bits per heavy atom. The van der Waals surface area contributed by atoms with Crippen LogP contribution in [0.2, 0.25) is 0 Å². The van der Waals surface area contributed by atoms with Crippen LogP contribution < -0.4 is 10.5 Å². The second kappa shape index (κ2) is 5.20. The first kappa shape index (κ1) is 14.8. The third-order valence-corrected chi connectivity index (χ3v) is 3.60. The van der Waals surface area contributed by atoms with Crippen LogP contribution in [0.5, 0.6) is 0 Å². The Kier molecular flexibility index (Phi) is 5.12. The topological polar surface area (TPSA) is 75.4 Å². The lowest BCUT2D eigenvalue weighted by Gasteiger charge is -2.25. The summed E-state index contributed by atoms with van der Waals surface area (Å²) in [5, 5.41) is 0. The summed E-state index contributed by atoms with van der Waals surface area (Å²) in [6.45, 7) is 5.64. The van der Waals surface area contributed by atoms with E-state index >= 15 is 0 Å². The molecule has 0 spiro atoms. The number of hydrogen-bond donors (Lipinski definition) is 2. The molecule has 0 bridgehead atoms. The minimum atomic E-state index is -3.45. The molecule has 90 valence electrons. The van der Waals surface area contributed by atoms with Gasteiger partial charge in [-0.15, -0.1) is 0 Å². The van der Waals surface area contributed by atoms with Crippen LogP contribution in [0.1, 0.15) is 27.2 Å². The fourth-order valence-corrected chi connectivity index (χ4v) is 2.21. The van der Waals surface area contributed by atoms with E-state index in [1.807, 2.05) is 0 Å². The molecule has 0 aliphatic heterocycles. The van der Waals surface area contributed by atoms with Gasteiger partial charge in [0.2, 0.25) is 0 Å². The van der Waals surface area contributed by atoms with Crippen LogP contribution >= 0.6 is 12.2 Å². The molecule has 0 aromatic rings. The largest absolute Gasteiger partial charge is 0.393 e. The van der Waals surface area contributed by atoms with Gasteiger partial charge in [0.25, 0.3) is 10.2 Å². The number of nitrogens with one attached hydrogen (secondary N) is 1. The Bertz CT molecular complexity index is 319. The van der Waals surface area contributed by atoms with Crippen molar-refractivity contribution in [3.63, 3.8) is 0 Å². The first-order valence-electron chi connectivity index (χ1n) is 4.58. The second-order valence-electron chi connectivity index (χ2n) is 4.39. The predicted molar refractivity (Wildman–Crippen MR) is 65.8 cm³/mol. The zero-order valence-electron chi connectivity index (χ0n) is 9.57. The molecule has 0 aromatic carbocycles. The van der Waals surface area contributed by atoms with E-state index in [0.717, 1.165) is 0 Å². The van der Waals surface area contributed by atoms with Crippen LogP contribution in [0.25, 0.3) is 0 Å². The molecular formula is C8H19N3O2S2. The number of thiocarbonyl (C=S) groups is 1. The molecule has 0 rings (SSSR count).